The summed E-state index contributed by atoms with van der Waals surface area (Å²) >= 11 is 3.47. The van der Waals surface area contributed by atoms with Crippen LogP contribution in [0.1, 0.15) is 53.6 Å². The predicted octanol–water partition coefficient (Wildman–Crippen LogP) is 5.57. The van der Waals surface area contributed by atoms with Gasteiger partial charge in [0.05, 0.1) is 10.0 Å². The van der Waals surface area contributed by atoms with Crippen LogP contribution in [0.5, 0.6) is 5.75 Å². The first-order valence-electron chi connectivity index (χ1n) is 9.93. The van der Waals surface area contributed by atoms with Crippen LogP contribution in [0.4, 0.5) is 5.69 Å². The van der Waals surface area contributed by atoms with Crippen molar-refractivity contribution >= 4 is 33.5 Å². The highest BCUT2D eigenvalue weighted by atomic mass is 79.9. The Bertz CT molecular complexity index is 850. The van der Waals surface area contributed by atoms with Crippen molar-refractivity contribution in [2.75, 3.05) is 11.9 Å². The second-order valence-electron chi connectivity index (χ2n) is 7.47. The second kappa shape index (κ2) is 9.92. The van der Waals surface area contributed by atoms with Gasteiger partial charge in [0.25, 0.3) is 5.91 Å². The van der Waals surface area contributed by atoms with Gasteiger partial charge in [0.1, 0.15) is 11.9 Å². The van der Waals surface area contributed by atoms with E-state index in [9.17, 15) is 9.59 Å². The average Bonchev–Trinajstić information content (AvgIpc) is 2.68. The number of benzene rings is 2. The molecule has 6 heteroatoms. The number of carbonyl (C=O) groups excluding carboxylic acids is 2. The van der Waals surface area contributed by atoms with Gasteiger partial charge in [-0.05, 0) is 96.9 Å². The van der Waals surface area contributed by atoms with Crippen LogP contribution in [-0.2, 0) is 9.53 Å². The molecule has 1 N–H and O–H groups in total. The fourth-order valence-electron chi connectivity index (χ4n) is 3.51. The van der Waals surface area contributed by atoms with Gasteiger partial charge in [-0.1, -0.05) is 12.5 Å². The lowest BCUT2D eigenvalue weighted by molar-refractivity contribution is -0.118. The predicted molar refractivity (Wildman–Crippen MR) is 116 cm³/mol. The van der Waals surface area contributed by atoms with Crippen molar-refractivity contribution in [2.45, 2.75) is 52.1 Å². The molecule has 5 nitrogen and oxygen atoms in total. The van der Waals surface area contributed by atoms with Crippen LogP contribution >= 0.6 is 15.9 Å². The maximum atomic E-state index is 12.3. The quantitative estimate of drug-likeness (QED) is 0.573. The maximum Gasteiger partial charge on any atom is 0.338 e. The van der Waals surface area contributed by atoms with Gasteiger partial charge in [-0.15, -0.1) is 0 Å². The minimum atomic E-state index is -0.308. The summed E-state index contributed by atoms with van der Waals surface area (Å²) in [6.07, 6.45) is 5.35. The van der Waals surface area contributed by atoms with Crippen molar-refractivity contribution in [3.8, 4) is 5.75 Å². The Morgan fingerprint density at radius 1 is 1.07 bits per heavy atom. The number of rotatable bonds is 6. The van der Waals surface area contributed by atoms with Crippen molar-refractivity contribution < 1.29 is 19.1 Å². The van der Waals surface area contributed by atoms with Crippen LogP contribution in [0.2, 0.25) is 0 Å². The molecular weight excluding hydrogens is 434 g/mol. The number of esters is 1. The molecule has 1 saturated carbocycles. The van der Waals surface area contributed by atoms with Gasteiger partial charge >= 0.3 is 5.97 Å². The standard InChI is InChI=1S/C23H26BrNO4/c1-15-12-16(2)22(20(24)13-15)28-14-21(26)25-18-10-8-17(9-11-18)23(27)29-19-6-4-3-5-7-19/h8-13,19H,3-7,14H2,1-2H3,(H,25,26). The monoisotopic (exact) mass is 459 g/mol. The number of anilines is 1. The van der Waals surface area contributed by atoms with Gasteiger partial charge in [-0.3, -0.25) is 4.79 Å². The number of amides is 1. The summed E-state index contributed by atoms with van der Waals surface area (Å²) in [6, 6.07) is 10.7. The summed E-state index contributed by atoms with van der Waals surface area (Å²) in [5.41, 5.74) is 3.18. The molecule has 1 aliphatic rings. The number of aryl methyl sites for hydroxylation is 2. The molecule has 2 aromatic rings. The Hall–Kier alpha value is -2.34. The second-order valence-corrected chi connectivity index (χ2v) is 8.33. The summed E-state index contributed by atoms with van der Waals surface area (Å²) in [5.74, 6) is 0.0822. The van der Waals surface area contributed by atoms with Gasteiger partial charge in [0.15, 0.2) is 6.61 Å². The van der Waals surface area contributed by atoms with E-state index in [2.05, 4.69) is 21.2 Å². The van der Waals surface area contributed by atoms with E-state index in [0.29, 0.717) is 17.0 Å². The SMILES string of the molecule is Cc1cc(C)c(OCC(=O)Nc2ccc(C(=O)OC3CCCCC3)cc2)c(Br)c1. The minimum absolute atomic E-state index is 0.0253. The van der Waals surface area contributed by atoms with E-state index in [1.807, 2.05) is 26.0 Å². The highest BCUT2D eigenvalue weighted by Gasteiger charge is 2.18. The van der Waals surface area contributed by atoms with E-state index < -0.39 is 0 Å². The molecule has 29 heavy (non-hydrogen) atoms. The Balaban J connectivity index is 1.51. The van der Waals surface area contributed by atoms with Crippen LogP contribution in [0.25, 0.3) is 0 Å². The van der Waals surface area contributed by atoms with Gasteiger partial charge < -0.3 is 14.8 Å². The minimum Gasteiger partial charge on any atom is -0.482 e. The molecule has 0 aromatic heterocycles. The third kappa shape index (κ3) is 6.07. The molecule has 0 unspecified atom stereocenters. The number of carbonyl (C=O) groups is 2. The average molecular weight is 460 g/mol. The van der Waals surface area contributed by atoms with Gasteiger partial charge in [0.2, 0.25) is 0 Å². The van der Waals surface area contributed by atoms with E-state index in [1.165, 1.54) is 6.42 Å². The van der Waals surface area contributed by atoms with Crippen LogP contribution in [0.15, 0.2) is 40.9 Å². The zero-order valence-electron chi connectivity index (χ0n) is 16.8. The number of ether oxygens (including phenoxy) is 2. The van der Waals surface area contributed by atoms with Crippen LogP contribution < -0.4 is 10.1 Å². The Morgan fingerprint density at radius 2 is 1.76 bits per heavy atom. The first-order chi connectivity index (χ1) is 13.9. The molecule has 0 spiro atoms. The smallest absolute Gasteiger partial charge is 0.338 e. The molecule has 0 atom stereocenters. The molecule has 1 fully saturated rings. The Labute approximate surface area is 179 Å². The number of halogens is 1. The zero-order chi connectivity index (χ0) is 20.8. The Morgan fingerprint density at radius 3 is 2.41 bits per heavy atom. The van der Waals surface area contributed by atoms with E-state index in [-0.39, 0.29) is 24.6 Å². The lowest BCUT2D eigenvalue weighted by Crippen LogP contribution is -2.21. The number of nitrogens with one attached hydrogen (secondary N) is 1. The summed E-state index contributed by atoms with van der Waals surface area (Å²) in [7, 11) is 0. The molecule has 3 rings (SSSR count). The van der Waals surface area contributed by atoms with E-state index >= 15 is 0 Å². The molecule has 1 aliphatic carbocycles. The number of hydrogen-bond acceptors (Lipinski definition) is 4. The lowest BCUT2D eigenvalue weighted by atomic mass is 9.98. The molecule has 1 amide bonds. The molecular formula is C23H26BrNO4. The van der Waals surface area contributed by atoms with E-state index in [0.717, 1.165) is 41.3 Å². The third-order valence-corrected chi connectivity index (χ3v) is 5.54. The highest BCUT2D eigenvalue weighted by Crippen LogP contribution is 2.30. The van der Waals surface area contributed by atoms with Crippen LogP contribution in [-0.4, -0.2) is 24.6 Å². The highest BCUT2D eigenvalue weighted by molar-refractivity contribution is 9.10. The van der Waals surface area contributed by atoms with Gasteiger partial charge in [0, 0.05) is 5.69 Å². The molecule has 0 radical (unpaired) electrons. The summed E-state index contributed by atoms with van der Waals surface area (Å²) in [5, 5.41) is 2.78. The fraction of sp³-hybridized carbons (Fsp3) is 0.391. The van der Waals surface area contributed by atoms with Crippen molar-refractivity contribution in [3.63, 3.8) is 0 Å². The largest absolute Gasteiger partial charge is 0.482 e. The molecule has 2 aromatic carbocycles. The van der Waals surface area contributed by atoms with Crippen LogP contribution in [0.3, 0.4) is 0 Å². The lowest BCUT2D eigenvalue weighted by Gasteiger charge is -2.21. The maximum absolute atomic E-state index is 12.3. The van der Waals surface area contributed by atoms with E-state index in [1.54, 1.807) is 24.3 Å². The fourth-order valence-corrected chi connectivity index (χ4v) is 4.30. The van der Waals surface area contributed by atoms with Gasteiger partial charge in [-0.25, -0.2) is 4.79 Å². The van der Waals surface area contributed by atoms with Crippen molar-refractivity contribution in [1.29, 1.82) is 0 Å². The molecule has 0 bridgehead atoms. The normalized spacial score (nSPS) is 14.3. The third-order valence-electron chi connectivity index (χ3n) is 4.95. The summed E-state index contributed by atoms with van der Waals surface area (Å²) < 4.78 is 12.1. The Kier molecular flexibility index (Phi) is 7.31. The summed E-state index contributed by atoms with van der Waals surface area (Å²) in [6.45, 7) is 3.84. The van der Waals surface area contributed by atoms with E-state index in [4.69, 9.17) is 9.47 Å². The van der Waals surface area contributed by atoms with Crippen molar-refractivity contribution in [2.24, 2.45) is 0 Å². The van der Waals surface area contributed by atoms with Crippen molar-refractivity contribution in [1.82, 2.24) is 0 Å². The zero-order valence-corrected chi connectivity index (χ0v) is 18.4. The molecule has 154 valence electrons. The molecule has 0 saturated heterocycles. The summed E-state index contributed by atoms with van der Waals surface area (Å²) in [4.78, 5) is 24.5. The first kappa shape index (κ1) is 21.4. The molecule has 0 aliphatic heterocycles. The van der Waals surface area contributed by atoms with Gasteiger partial charge in [-0.2, -0.15) is 0 Å². The first-order valence-corrected chi connectivity index (χ1v) is 10.7. The van der Waals surface area contributed by atoms with Crippen LogP contribution in [0, 0.1) is 13.8 Å². The van der Waals surface area contributed by atoms with Crippen molar-refractivity contribution in [3.05, 3.63) is 57.6 Å². The number of hydrogen-bond donors (Lipinski definition) is 1. The molecule has 0 heterocycles. The topological polar surface area (TPSA) is 64.6 Å².